The van der Waals surface area contributed by atoms with Gasteiger partial charge in [-0.3, -0.25) is 0 Å². The standard InChI is InChI=1S/C24H21BrN2O3/c1-28-18-9-6-15(7-10-18)21-14-22-20-13-17(25)8-11-23(20)30-24(27(22)26-21)16-4-3-5-19(12-16)29-2/h3-13,22,24H,14H2,1-2H3/t22-,24-/m0/s1. The number of methoxy groups -OCH3 is 2. The van der Waals surface area contributed by atoms with Gasteiger partial charge in [-0.25, -0.2) is 5.01 Å². The number of fused-ring (bicyclic) bond motifs is 3. The fourth-order valence-electron chi connectivity index (χ4n) is 4.03. The van der Waals surface area contributed by atoms with E-state index in [9.17, 15) is 0 Å². The Labute approximate surface area is 184 Å². The minimum atomic E-state index is -0.325. The van der Waals surface area contributed by atoms with Crippen molar-refractivity contribution in [3.05, 3.63) is 87.9 Å². The van der Waals surface area contributed by atoms with Crippen LogP contribution in [0.3, 0.4) is 0 Å². The van der Waals surface area contributed by atoms with Crippen molar-refractivity contribution < 1.29 is 14.2 Å². The van der Waals surface area contributed by atoms with Gasteiger partial charge >= 0.3 is 0 Å². The normalized spacial score (nSPS) is 19.4. The van der Waals surface area contributed by atoms with Gasteiger partial charge in [0.05, 0.1) is 26.0 Å². The lowest BCUT2D eigenvalue weighted by Gasteiger charge is -2.38. The number of hydrazone groups is 1. The molecule has 0 radical (unpaired) electrons. The lowest BCUT2D eigenvalue weighted by molar-refractivity contribution is -0.0191. The SMILES string of the molecule is COc1ccc(C2=NN3[C@@H](C2)c2cc(Br)ccc2O[C@H]3c2cccc(OC)c2)cc1. The molecule has 0 bridgehead atoms. The fourth-order valence-corrected chi connectivity index (χ4v) is 4.41. The molecule has 0 fully saturated rings. The Morgan fingerprint density at radius 1 is 0.967 bits per heavy atom. The van der Waals surface area contributed by atoms with Gasteiger partial charge in [-0.1, -0.05) is 28.1 Å². The van der Waals surface area contributed by atoms with Crippen molar-refractivity contribution in [2.45, 2.75) is 18.7 Å². The molecule has 3 aromatic carbocycles. The Bertz CT molecular complexity index is 1110. The molecule has 2 aliphatic heterocycles. The van der Waals surface area contributed by atoms with Gasteiger partial charge in [-0.15, -0.1) is 0 Å². The van der Waals surface area contributed by atoms with Gasteiger partial charge in [0.2, 0.25) is 6.23 Å². The summed E-state index contributed by atoms with van der Waals surface area (Å²) in [6.07, 6.45) is 0.481. The van der Waals surface area contributed by atoms with Crippen LogP contribution in [-0.2, 0) is 0 Å². The maximum Gasteiger partial charge on any atom is 0.214 e. The molecule has 0 N–H and O–H groups in total. The van der Waals surface area contributed by atoms with Crippen LogP contribution >= 0.6 is 15.9 Å². The fraction of sp³-hybridized carbons (Fsp3) is 0.208. The second kappa shape index (κ2) is 7.69. The van der Waals surface area contributed by atoms with Gasteiger partial charge in [-0.05, 0) is 60.2 Å². The van der Waals surface area contributed by atoms with Crippen LogP contribution in [0, 0.1) is 0 Å². The molecule has 0 aliphatic carbocycles. The molecule has 0 unspecified atom stereocenters. The van der Waals surface area contributed by atoms with Crippen LogP contribution in [-0.4, -0.2) is 24.9 Å². The summed E-state index contributed by atoms with van der Waals surface area (Å²) in [6.45, 7) is 0. The van der Waals surface area contributed by atoms with Gasteiger partial charge in [0.1, 0.15) is 17.2 Å². The average molecular weight is 465 g/mol. The zero-order valence-corrected chi connectivity index (χ0v) is 18.3. The summed E-state index contributed by atoms with van der Waals surface area (Å²) in [7, 11) is 3.35. The molecule has 5 nitrogen and oxygen atoms in total. The van der Waals surface area contributed by atoms with Crippen molar-refractivity contribution in [3.8, 4) is 17.2 Å². The lowest BCUT2D eigenvalue weighted by atomic mass is 9.96. The second-order valence-corrected chi connectivity index (χ2v) is 8.22. The van der Waals surface area contributed by atoms with Crippen molar-refractivity contribution in [3.63, 3.8) is 0 Å². The highest BCUT2D eigenvalue weighted by Crippen LogP contribution is 2.48. The van der Waals surface area contributed by atoms with E-state index < -0.39 is 0 Å². The molecule has 0 spiro atoms. The Balaban J connectivity index is 1.58. The molecule has 0 saturated heterocycles. The number of benzene rings is 3. The van der Waals surface area contributed by atoms with Crippen molar-refractivity contribution in [2.75, 3.05) is 14.2 Å². The van der Waals surface area contributed by atoms with E-state index in [1.54, 1.807) is 14.2 Å². The molecular formula is C24H21BrN2O3. The third kappa shape index (κ3) is 3.31. The van der Waals surface area contributed by atoms with E-state index in [2.05, 4.69) is 45.2 Å². The third-order valence-electron chi connectivity index (χ3n) is 5.55. The van der Waals surface area contributed by atoms with Crippen LogP contribution in [0.25, 0.3) is 0 Å². The molecule has 3 aromatic rings. The number of halogens is 1. The number of hydrogen-bond acceptors (Lipinski definition) is 5. The van der Waals surface area contributed by atoms with E-state index in [0.29, 0.717) is 0 Å². The zero-order valence-electron chi connectivity index (χ0n) is 16.7. The van der Waals surface area contributed by atoms with E-state index in [1.807, 2.05) is 42.5 Å². The number of hydrogen-bond donors (Lipinski definition) is 0. The molecule has 5 rings (SSSR count). The van der Waals surface area contributed by atoms with E-state index in [-0.39, 0.29) is 12.3 Å². The number of ether oxygens (including phenoxy) is 3. The summed E-state index contributed by atoms with van der Waals surface area (Å²) in [5, 5.41) is 7.08. The van der Waals surface area contributed by atoms with E-state index >= 15 is 0 Å². The van der Waals surface area contributed by atoms with Gasteiger partial charge in [0.15, 0.2) is 0 Å². The maximum atomic E-state index is 6.43. The summed E-state index contributed by atoms with van der Waals surface area (Å²) < 4.78 is 18.2. The van der Waals surface area contributed by atoms with Crippen molar-refractivity contribution in [2.24, 2.45) is 5.10 Å². The topological polar surface area (TPSA) is 43.3 Å². The first kappa shape index (κ1) is 19.0. The molecule has 152 valence electrons. The Morgan fingerprint density at radius 3 is 2.53 bits per heavy atom. The lowest BCUT2D eigenvalue weighted by Crippen LogP contribution is -2.33. The molecule has 2 atom stereocenters. The molecular weight excluding hydrogens is 444 g/mol. The average Bonchev–Trinajstić information content (AvgIpc) is 3.24. The minimum absolute atomic E-state index is 0.0968. The third-order valence-corrected chi connectivity index (χ3v) is 6.05. The highest BCUT2D eigenvalue weighted by Gasteiger charge is 2.41. The summed E-state index contributed by atoms with van der Waals surface area (Å²) in [6, 6.07) is 22.3. The molecule has 6 heteroatoms. The van der Waals surface area contributed by atoms with E-state index in [4.69, 9.17) is 19.3 Å². The van der Waals surface area contributed by atoms with Crippen molar-refractivity contribution in [1.82, 2.24) is 5.01 Å². The summed E-state index contributed by atoms with van der Waals surface area (Å²) in [5.41, 5.74) is 4.27. The smallest absolute Gasteiger partial charge is 0.214 e. The molecule has 0 saturated carbocycles. The van der Waals surface area contributed by atoms with Crippen LogP contribution in [0.5, 0.6) is 17.2 Å². The van der Waals surface area contributed by atoms with Crippen LogP contribution in [0.2, 0.25) is 0 Å². The summed E-state index contributed by atoms with van der Waals surface area (Å²) in [4.78, 5) is 0. The summed E-state index contributed by atoms with van der Waals surface area (Å²) >= 11 is 3.60. The van der Waals surface area contributed by atoms with Gasteiger partial charge in [0, 0.05) is 22.0 Å². The molecule has 0 aromatic heterocycles. The van der Waals surface area contributed by atoms with Gasteiger partial charge in [-0.2, -0.15) is 5.10 Å². The number of nitrogens with zero attached hydrogens (tertiary/aromatic N) is 2. The maximum absolute atomic E-state index is 6.43. The second-order valence-electron chi connectivity index (χ2n) is 7.30. The zero-order chi connectivity index (χ0) is 20.7. The highest BCUT2D eigenvalue weighted by atomic mass is 79.9. The van der Waals surface area contributed by atoms with Crippen molar-refractivity contribution in [1.29, 1.82) is 0 Å². The first-order valence-electron chi connectivity index (χ1n) is 9.76. The van der Waals surface area contributed by atoms with Crippen molar-refractivity contribution >= 4 is 21.6 Å². The Kier molecular flexibility index (Phi) is 4.87. The van der Waals surface area contributed by atoms with Crippen LogP contribution < -0.4 is 14.2 Å². The Hall–Kier alpha value is -2.99. The van der Waals surface area contributed by atoms with Crippen LogP contribution in [0.1, 0.15) is 35.4 Å². The monoisotopic (exact) mass is 464 g/mol. The van der Waals surface area contributed by atoms with E-state index in [1.165, 1.54) is 0 Å². The Morgan fingerprint density at radius 2 is 1.77 bits per heavy atom. The van der Waals surface area contributed by atoms with Gasteiger partial charge < -0.3 is 14.2 Å². The quantitative estimate of drug-likeness (QED) is 0.495. The molecule has 2 aliphatic rings. The molecule has 2 heterocycles. The predicted molar refractivity (Wildman–Crippen MR) is 119 cm³/mol. The van der Waals surface area contributed by atoms with Gasteiger partial charge in [0.25, 0.3) is 0 Å². The first-order chi connectivity index (χ1) is 14.7. The predicted octanol–water partition coefficient (Wildman–Crippen LogP) is 5.71. The van der Waals surface area contributed by atoms with Crippen LogP contribution in [0.4, 0.5) is 0 Å². The molecule has 30 heavy (non-hydrogen) atoms. The molecule has 0 amide bonds. The highest BCUT2D eigenvalue weighted by molar-refractivity contribution is 9.10. The summed E-state index contributed by atoms with van der Waals surface area (Å²) in [5.74, 6) is 2.52. The first-order valence-corrected chi connectivity index (χ1v) is 10.6. The number of rotatable bonds is 4. The van der Waals surface area contributed by atoms with Crippen LogP contribution in [0.15, 0.2) is 76.3 Å². The minimum Gasteiger partial charge on any atom is -0.497 e. The largest absolute Gasteiger partial charge is 0.497 e. The van der Waals surface area contributed by atoms with E-state index in [0.717, 1.165) is 50.5 Å².